The summed E-state index contributed by atoms with van der Waals surface area (Å²) in [6.07, 6.45) is 0. The van der Waals surface area contributed by atoms with Crippen molar-refractivity contribution < 1.29 is 97.0 Å². The summed E-state index contributed by atoms with van der Waals surface area (Å²) in [7, 11) is 2.92. The Hall–Kier alpha value is -6.50. The number of nitrogens with zero attached hydrogens (tertiary/aromatic N) is 8. The minimum absolute atomic E-state index is 0. The molecule has 1 unspecified atom stereocenters. The van der Waals surface area contributed by atoms with Gasteiger partial charge in [-0.05, 0) is 106 Å². The number of nitrogens with one attached hydrogen (secondary N) is 2. The first-order valence-electron chi connectivity index (χ1n) is 28.4. The van der Waals surface area contributed by atoms with Gasteiger partial charge in [-0.1, -0.05) is 7.40 Å². The van der Waals surface area contributed by atoms with Crippen LogP contribution in [0.3, 0.4) is 0 Å². The number of hydrogen-bond acceptors (Lipinski definition) is 30. The highest BCUT2D eigenvalue weighted by Gasteiger charge is 2.14. The molecule has 0 aliphatic carbocycles. The number of hydrogen-bond donors (Lipinski definition) is 20. The smallest absolute Gasteiger partial charge is 0.870 e. The van der Waals surface area contributed by atoms with E-state index in [0.717, 1.165) is 28.4 Å². The lowest BCUT2D eigenvalue weighted by Gasteiger charge is -2.24. The molecule has 33 heteroatoms. The molecule has 0 fully saturated rings. The predicted octanol–water partition coefficient (Wildman–Crippen LogP) is -0.261. The number of hydrazine groups is 1. The zero-order chi connectivity index (χ0) is 67.4. The molecule has 0 aliphatic heterocycles. The highest BCUT2D eigenvalue weighted by Crippen LogP contribution is 2.29. The van der Waals surface area contributed by atoms with Crippen molar-refractivity contribution in [3.8, 4) is 0 Å². The molecule has 5 rings (SSSR count). The van der Waals surface area contributed by atoms with Gasteiger partial charge in [-0.25, -0.2) is 0 Å². The van der Waals surface area contributed by atoms with Gasteiger partial charge in [0.2, 0.25) is 0 Å². The Morgan fingerprint density at radius 1 is 0.416 bits per heavy atom. The van der Waals surface area contributed by atoms with Crippen LogP contribution in [0, 0.1) is 9.81 Å². The zero-order valence-corrected chi connectivity index (χ0v) is 51.9. The SMILES string of the molecule is Cl.NNc1ccc(N(CCO)CCO)cc1CO.O=Nc1ccc(N(CCO)CCO)cc1CO.O=Nc1ccc(N(CCO)CCO)cc1CO.OCCN(CCO)c1ccc(NO)c(CO)c1.[2H]C.[2H]P.[H+].[H+].[NH2+]=Nc1ccc(N(CCO)CCO)cc1CO.[OH-]. The molecular formula is C56H98ClN12O19P+2. The van der Waals surface area contributed by atoms with Gasteiger partial charge in [0, 0.05) is 123 Å². The number of benzene rings is 5. The van der Waals surface area contributed by atoms with Crippen LogP contribution in [0.4, 0.5) is 56.9 Å². The number of rotatable bonds is 35. The van der Waals surface area contributed by atoms with Crippen LogP contribution in [0.5, 0.6) is 0 Å². The lowest BCUT2D eigenvalue weighted by atomic mass is 10.1. The van der Waals surface area contributed by atoms with E-state index >= 15 is 0 Å². The van der Waals surface area contributed by atoms with E-state index in [2.05, 4.69) is 20.9 Å². The van der Waals surface area contributed by atoms with Crippen molar-refractivity contribution in [2.75, 3.05) is 167 Å². The molecule has 0 saturated carbocycles. The summed E-state index contributed by atoms with van der Waals surface area (Å²) in [5.74, 6) is 5.32. The molecular weight excluding hydrogens is 1210 g/mol. The van der Waals surface area contributed by atoms with Crippen LogP contribution >= 0.6 is 22.3 Å². The van der Waals surface area contributed by atoms with Gasteiger partial charge in [0.1, 0.15) is 17.1 Å². The molecule has 506 valence electrons. The van der Waals surface area contributed by atoms with Crippen LogP contribution in [-0.4, -0.2) is 220 Å². The van der Waals surface area contributed by atoms with E-state index < -0.39 is 0 Å². The summed E-state index contributed by atoms with van der Waals surface area (Å²) in [6, 6.07) is 25.3. The van der Waals surface area contributed by atoms with Crippen molar-refractivity contribution >= 4 is 79.1 Å². The maximum Gasteiger partial charge on any atom is 1.00 e. The predicted molar refractivity (Wildman–Crippen MR) is 351 cm³/mol. The van der Waals surface area contributed by atoms with E-state index in [4.69, 9.17) is 85.6 Å². The Balaban J connectivity index is -0.000000248. The Labute approximate surface area is 533 Å². The van der Waals surface area contributed by atoms with Gasteiger partial charge < -0.3 is 112 Å². The maximum atomic E-state index is 10.5. The number of anilines is 7. The molecule has 0 saturated heterocycles. The number of aliphatic hydroxyl groups excluding tert-OH is 15. The van der Waals surface area contributed by atoms with Gasteiger partial charge in [-0.15, -0.1) is 22.2 Å². The van der Waals surface area contributed by atoms with Gasteiger partial charge in [-0.3, -0.25) is 16.5 Å². The van der Waals surface area contributed by atoms with Gasteiger partial charge in [0.25, 0.3) is 0 Å². The number of nitrogens with two attached hydrogens (primary N) is 2. The molecule has 0 spiro atoms. The fourth-order valence-electron chi connectivity index (χ4n) is 8.11. The van der Waals surface area contributed by atoms with Gasteiger partial charge in [0.05, 0.1) is 112 Å². The minimum Gasteiger partial charge on any atom is -0.870 e. The Bertz CT molecular complexity index is 2390. The van der Waals surface area contributed by atoms with E-state index in [1.165, 1.54) is 19.5 Å². The van der Waals surface area contributed by atoms with E-state index in [1.807, 2.05) is 21.3 Å². The van der Waals surface area contributed by atoms with Gasteiger partial charge in [-0.2, -0.15) is 15.4 Å². The van der Waals surface area contributed by atoms with Crippen LogP contribution in [0.15, 0.2) is 106 Å². The first-order chi connectivity index (χ1) is 43.3. The number of nitroso groups, excluding NO2 is 2. The molecule has 89 heavy (non-hydrogen) atoms. The van der Waals surface area contributed by atoms with E-state index in [9.17, 15) is 20.0 Å². The Morgan fingerprint density at radius 3 is 0.843 bits per heavy atom. The van der Waals surface area contributed by atoms with Crippen molar-refractivity contribution in [3.05, 3.63) is 129 Å². The summed E-state index contributed by atoms with van der Waals surface area (Å²) in [4.78, 5) is 29.9. The monoisotopic (exact) mass is 1310 g/mol. The third kappa shape index (κ3) is 31.2. The molecule has 31 nitrogen and oxygen atoms in total. The summed E-state index contributed by atoms with van der Waals surface area (Å²) in [5, 5.41) is 153. The lowest BCUT2D eigenvalue weighted by Crippen LogP contribution is -2.29. The molecule has 0 bridgehead atoms. The second-order valence-electron chi connectivity index (χ2n) is 17.7. The standard InChI is InChI=1S/C11H19N3O3.C11H17N3O3.C11H18N2O4.2C11H16N2O4.CH4.ClH.H2O.H3P/c2*12-13-11-2-1-10(7-9(11)8-17)14(3-5-15)4-6-16;3*14-5-3-13(4-6-15)10-1-2-11(12-17)9(7-10)8-16;;;;/h1-2,7,13,15-17H,3-6,8,12H2;1-2,7,12,15-17H,3-6,8H2;1-2,7,12,14-17H,3-6,8H2;2*1-2,7,14-16H,3-6,8H2;1H4;1H;1H2;1H3/p+2/i;;;;;1D;;;1D. The first-order valence-corrected chi connectivity index (χ1v) is 26.8. The van der Waals surface area contributed by atoms with Gasteiger partial charge in [0.15, 0.2) is 0 Å². The molecule has 0 amide bonds. The second kappa shape index (κ2) is 54.4. The fraction of sp³-hybridized carbons (Fsp3) is 0.464. The summed E-state index contributed by atoms with van der Waals surface area (Å²) in [5.41, 5.74) is 18.3. The average molecular weight is 1310 g/mol. The van der Waals surface area contributed by atoms with Crippen molar-refractivity contribution in [2.45, 2.75) is 40.4 Å². The van der Waals surface area contributed by atoms with Crippen LogP contribution in [0.25, 0.3) is 0 Å². The number of halogens is 1. The molecule has 1 atom stereocenters. The fourth-order valence-corrected chi connectivity index (χ4v) is 8.11. The zero-order valence-electron chi connectivity index (χ0n) is 54.0. The summed E-state index contributed by atoms with van der Waals surface area (Å²) < 4.78 is 11.4. The molecule has 5 aromatic rings. The largest absolute Gasteiger partial charge is 1.00 e. The first kappa shape index (κ1) is 84.6. The van der Waals surface area contributed by atoms with Crippen LogP contribution in [0.1, 0.15) is 39.4 Å². The summed E-state index contributed by atoms with van der Waals surface area (Å²) >= 11 is 0. The van der Waals surface area contributed by atoms with Crippen molar-refractivity contribution in [2.24, 2.45) is 21.3 Å². The van der Waals surface area contributed by atoms with E-state index in [-0.39, 0.29) is 131 Å². The van der Waals surface area contributed by atoms with Gasteiger partial charge >= 0.3 is 2.85 Å². The molecule has 5 aromatic carbocycles. The Kier molecular flexibility index (Phi) is 51.7. The van der Waals surface area contributed by atoms with Crippen LogP contribution < -0.4 is 46.8 Å². The third-order valence-electron chi connectivity index (χ3n) is 12.4. The third-order valence-corrected chi connectivity index (χ3v) is 12.4. The average Bonchev–Trinajstić information content (AvgIpc) is 1.13. The topological polar surface area (TPSA) is 517 Å². The van der Waals surface area contributed by atoms with E-state index in [0.29, 0.717) is 110 Å². The molecule has 0 aromatic heterocycles. The van der Waals surface area contributed by atoms with E-state index in [1.54, 1.807) is 97.3 Å². The number of aliphatic hydroxyl groups is 15. The van der Waals surface area contributed by atoms with Crippen LogP contribution in [-0.2, 0) is 33.0 Å². The summed E-state index contributed by atoms with van der Waals surface area (Å²) in [6.45, 7) is 2.77. The Morgan fingerprint density at radius 2 is 0.629 bits per heavy atom. The molecule has 23 N–H and O–H groups in total. The van der Waals surface area contributed by atoms with Crippen molar-refractivity contribution in [1.82, 2.24) is 0 Å². The minimum atomic E-state index is -0.277. The molecule has 0 heterocycles. The lowest BCUT2D eigenvalue weighted by molar-refractivity contribution is -0.210. The quantitative estimate of drug-likeness (QED) is 0.00817. The van der Waals surface area contributed by atoms with Crippen LogP contribution in [0.2, 0.25) is 0 Å². The van der Waals surface area contributed by atoms with Crippen molar-refractivity contribution in [3.63, 3.8) is 0 Å². The highest BCUT2D eigenvalue weighted by atomic mass is 35.5. The molecule has 0 radical (unpaired) electrons. The normalized spacial score (nSPS) is 10.0. The second-order valence-corrected chi connectivity index (χ2v) is 17.7. The van der Waals surface area contributed by atoms with Crippen molar-refractivity contribution in [1.29, 1.82) is 1.28 Å². The molecule has 0 aliphatic rings. The number of nitrogen functional groups attached to an aromatic ring is 1. The maximum absolute atomic E-state index is 10.5. The highest BCUT2D eigenvalue weighted by molar-refractivity contribution is 6.92.